The van der Waals surface area contributed by atoms with Crippen LogP contribution in [-0.4, -0.2) is 54.3 Å². The van der Waals surface area contributed by atoms with Crippen LogP contribution in [0, 0.1) is 5.92 Å². The second kappa shape index (κ2) is 8.74. The van der Waals surface area contributed by atoms with Gasteiger partial charge in [-0.1, -0.05) is 37.3 Å². The number of amides is 3. The average Bonchev–Trinajstić information content (AvgIpc) is 3.30. The molecule has 146 valence electrons. The van der Waals surface area contributed by atoms with Gasteiger partial charge >= 0.3 is 0 Å². The van der Waals surface area contributed by atoms with Crippen LogP contribution < -0.4 is 4.90 Å². The summed E-state index contributed by atoms with van der Waals surface area (Å²) in [6.07, 6.45) is 6.35. The lowest BCUT2D eigenvalue weighted by atomic mass is 10.0. The van der Waals surface area contributed by atoms with Gasteiger partial charge < -0.3 is 9.80 Å². The summed E-state index contributed by atoms with van der Waals surface area (Å²) in [5.74, 6) is 0.301. The SMILES string of the molecule is CN(CC(=O)N1CC(=O)N(c2ccc(Cl)cc2)C1)C(=O)CCC1CCCC1. The van der Waals surface area contributed by atoms with Gasteiger partial charge in [-0.2, -0.15) is 0 Å². The van der Waals surface area contributed by atoms with E-state index in [0.29, 0.717) is 23.0 Å². The molecule has 6 nitrogen and oxygen atoms in total. The fourth-order valence-electron chi connectivity index (χ4n) is 3.77. The molecule has 0 radical (unpaired) electrons. The average molecular weight is 392 g/mol. The van der Waals surface area contributed by atoms with E-state index in [1.54, 1.807) is 36.2 Å². The van der Waals surface area contributed by atoms with Crippen molar-refractivity contribution in [2.24, 2.45) is 5.92 Å². The molecule has 1 saturated heterocycles. The first-order valence-electron chi connectivity index (χ1n) is 9.51. The standard InChI is InChI=1S/C20H26ClN3O3/c1-22(18(25)11-6-15-4-2-3-5-15)12-19(26)23-13-20(27)24(14-23)17-9-7-16(21)8-10-17/h7-10,15H,2-6,11-14H2,1H3. The maximum absolute atomic E-state index is 12.5. The summed E-state index contributed by atoms with van der Waals surface area (Å²) >= 11 is 5.88. The molecule has 2 aliphatic rings. The third kappa shape index (κ3) is 5.01. The molecule has 1 aliphatic heterocycles. The van der Waals surface area contributed by atoms with E-state index in [1.165, 1.54) is 35.5 Å². The highest BCUT2D eigenvalue weighted by Crippen LogP contribution is 2.28. The van der Waals surface area contributed by atoms with Crippen LogP contribution in [0.3, 0.4) is 0 Å². The van der Waals surface area contributed by atoms with E-state index < -0.39 is 0 Å². The number of benzene rings is 1. The molecule has 7 heteroatoms. The van der Waals surface area contributed by atoms with Crippen molar-refractivity contribution in [3.05, 3.63) is 29.3 Å². The summed E-state index contributed by atoms with van der Waals surface area (Å²) in [6.45, 7) is 0.236. The lowest BCUT2D eigenvalue weighted by Gasteiger charge is -2.22. The highest BCUT2D eigenvalue weighted by atomic mass is 35.5. The van der Waals surface area contributed by atoms with Crippen molar-refractivity contribution in [2.75, 3.05) is 31.7 Å². The molecule has 1 saturated carbocycles. The minimum Gasteiger partial charge on any atom is -0.336 e. The Hall–Kier alpha value is -2.08. The number of carbonyl (C=O) groups is 3. The molecule has 1 aliphatic carbocycles. The van der Waals surface area contributed by atoms with E-state index in [1.807, 2.05) is 0 Å². The third-order valence-corrected chi connectivity index (χ3v) is 5.72. The summed E-state index contributed by atoms with van der Waals surface area (Å²) in [6, 6.07) is 6.94. The van der Waals surface area contributed by atoms with E-state index in [9.17, 15) is 14.4 Å². The molecule has 2 fully saturated rings. The lowest BCUT2D eigenvalue weighted by molar-refractivity contribution is -0.139. The number of rotatable bonds is 6. The summed E-state index contributed by atoms with van der Waals surface area (Å²) in [5.41, 5.74) is 0.709. The molecule has 0 spiro atoms. The van der Waals surface area contributed by atoms with Gasteiger partial charge in [-0.05, 0) is 36.6 Å². The largest absolute Gasteiger partial charge is 0.336 e. The van der Waals surface area contributed by atoms with Crippen molar-refractivity contribution < 1.29 is 14.4 Å². The molecule has 0 unspecified atom stereocenters. The highest BCUT2D eigenvalue weighted by Gasteiger charge is 2.32. The van der Waals surface area contributed by atoms with Gasteiger partial charge in [-0.3, -0.25) is 19.3 Å². The summed E-state index contributed by atoms with van der Waals surface area (Å²) in [7, 11) is 1.66. The zero-order valence-corrected chi connectivity index (χ0v) is 16.5. The van der Waals surface area contributed by atoms with E-state index in [-0.39, 0.29) is 37.5 Å². The van der Waals surface area contributed by atoms with Gasteiger partial charge in [0, 0.05) is 24.2 Å². The quantitative estimate of drug-likeness (QED) is 0.749. The topological polar surface area (TPSA) is 60.9 Å². The molecule has 0 aromatic heterocycles. The predicted octanol–water partition coefficient (Wildman–Crippen LogP) is 2.90. The second-order valence-electron chi connectivity index (χ2n) is 7.47. The third-order valence-electron chi connectivity index (χ3n) is 5.47. The Labute approximate surface area is 165 Å². The van der Waals surface area contributed by atoms with Gasteiger partial charge in [-0.25, -0.2) is 0 Å². The number of likely N-dealkylation sites (N-methyl/N-ethyl adjacent to an activating group) is 1. The monoisotopic (exact) mass is 391 g/mol. The predicted molar refractivity (Wildman–Crippen MR) is 104 cm³/mol. The highest BCUT2D eigenvalue weighted by molar-refractivity contribution is 6.30. The molecule has 27 heavy (non-hydrogen) atoms. The minimum absolute atomic E-state index is 0.00432. The first kappa shape index (κ1) is 19.7. The Balaban J connectivity index is 1.49. The van der Waals surface area contributed by atoms with E-state index >= 15 is 0 Å². The summed E-state index contributed by atoms with van der Waals surface area (Å²) < 4.78 is 0. The lowest BCUT2D eigenvalue weighted by Crippen LogP contribution is -2.41. The number of hydrogen-bond donors (Lipinski definition) is 0. The van der Waals surface area contributed by atoms with Crippen LogP contribution in [0.15, 0.2) is 24.3 Å². The number of anilines is 1. The molecular weight excluding hydrogens is 366 g/mol. The Kier molecular flexibility index (Phi) is 6.37. The maximum atomic E-state index is 12.5. The number of halogens is 1. The van der Waals surface area contributed by atoms with Crippen LogP contribution in [0.5, 0.6) is 0 Å². The molecular formula is C20H26ClN3O3. The van der Waals surface area contributed by atoms with Crippen molar-refractivity contribution in [1.29, 1.82) is 0 Å². The first-order valence-corrected chi connectivity index (χ1v) is 9.89. The Morgan fingerprint density at radius 1 is 1.19 bits per heavy atom. The van der Waals surface area contributed by atoms with Gasteiger partial charge in [-0.15, -0.1) is 0 Å². The smallest absolute Gasteiger partial charge is 0.248 e. The van der Waals surface area contributed by atoms with Crippen LogP contribution in [0.1, 0.15) is 38.5 Å². The van der Waals surface area contributed by atoms with Crippen molar-refractivity contribution in [3.63, 3.8) is 0 Å². The molecule has 0 N–H and O–H groups in total. The molecule has 1 aromatic carbocycles. The molecule has 0 bridgehead atoms. The van der Waals surface area contributed by atoms with Crippen molar-refractivity contribution in [3.8, 4) is 0 Å². The van der Waals surface area contributed by atoms with Gasteiger partial charge in [0.2, 0.25) is 17.7 Å². The second-order valence-corrected chi connectivity index (χ2v) is 7.91. The van der Waals surface area contributed by atoms with Crippen molar-refractivity contribution >= 4 is 35.0 Å². The Morgan fingerprint density at radius 2 is 1.85 bits per heavy atom. The van der Waals surface area contributed by atoms with Crippen LogP contribution in [0.4, 0.5) is 5.69 Å². The Bertz CT molecular complexity index is 701. The van der Waals surface area contributed by atoms with Gasteiger partial charge in [0.05, 0.1) is 6.54 Å². The van der Waals surface area contributed by atoms with Crippen LogP contribution in [-0.2, 0) is 14.4 Å². The molecule has 3 rings (SSSR count). The summed E-state index contributed by atoms with van der Waals surface area (Å²) in [4.78, 5) is 41.6. The number of nitrogens with zero attached hydrogens (tertiary/aromatic N) is 3. The van der Waals surface area contributed by atoms with Crippen LogP contribution >= 0.6 is 11.6 Å². The van der Waals surface area contributed by atoms with Crippen molar-refractivity contribution in [2.45, 2.75) is 38.5 Å². The fourth-order valence-corrected chi connectivity index (χ4v) is 3.90. The molecule has 1 aromatic rings. The van der Waals surface area contributed by atoms with E-state index in [2.05, 4.69) is 0 Å². The maximum Gasteiger partial charge on any atom is 0.248 e. The first-order chi connectivity index (χ1) is 12.9. The fraction of sp³-hybridized carbons (Fsp3) is 0.550. The van der Waals surface area contributed by atoms with Gasteiger partial charge in [0.1, 0.15) is 13.2 Å². The Morgan fingerprint density at radius 3 is 2.52 bits per heavy atom. The summed E-state index contributed by atoms with van der Waals surface area (Å²) in [5, 5.41) is 0.594. The van der Waals surface area contributed by atoms with E-state index in [0.717, 1.165) is 6.42 Å². The minimum atomic E-state index is -0.212. The molecule has 3 amide bonds. The zero-order valence-electron chi connectivity index (χ0n) is 15.7. The normalized spacial score (nSPS) is 17.6. The van der Waals surface area contributed by atoms with Gasteiger partial charge in [0.25, 0.3) is 0 Å². The molecule has 1 heterocycles. The number of hydrogen-bond acceptors (Lipinski definition) is 3. The van der Waals surface area contributed by atoms with Gasteiger partial charge in [0.15, 0.2) is 0 Å². The number of carbonyl (C=O) groups excluding carboxylic acids is 3. The van der Waals surface area contributed by atoms with Crippen LogP contribution in [0.25, 0.3) is 0 Å². The zero-order chi connectivity index (χ0) is 19.4. The van der Waals surface area contributed by atoms with Crippen molar-refractivity contribution in [1.82, 2.24) is 9.80 Å². The van der Waals surface area contributed by atoms with Crippen LogP contribution in [0.2, 0.25) is 5.02 Å². The van der Waals surface area contributed by atoms with E-state index in [4.69, 9.17) is 11.6 Å². The molecule has 0 atom stereocenters.